The molecule has 0 aliphatic heterocycles. The second-order valence-electron chi connectivity index (χ2n) is 6.07. The molecule has 1 heterocycles. The maximum atomic E-state index is 12.7. The molecule has 2 aromatic rings. The molecule has 0 fully saturated rings. The number of carbonyl (C=O) groups is 2. The van der Waals surface area contributed by atoms with Crippen LogP contribution < -0.4 is 5.32 Å². The van der Waals surface area contributed by atoms with E-state index in [1.807, 2.05) is 12.1 Å². The fraction of sp³-hybridized carbons (Fsp3) is 0.316. The summed E-state index contributed by atoms with van der Waals surface area (Å²) < 4.78 is 0. The molecular formula is C19H20N2O2. The van der Waals surface area contributed by atoms with Crippen molar-refractivity contribution in [2.45, 2.75) is 39.7 Å². The second-order valence-corrected chi connectivity index (χ2v) is 6.07. The minimum absolute atomic E-state index is 0.0279. The number of fused-ring (bicyclic) bond motifs is 1. The van der Waals surface area contributed by atoms with E-state index in [2.05, 4.69) is 22.4 Å². The number of Topliss-reactive ketones (excluding diaryl/α,β-unsaturated/α-hetero) is 1. The molecule has 1 aromatic heterocycles. The molecule has 1 aromatic carbocycles. The Kier molecular flexibility index (Phi) is 3.99. The third-order valence-corrected chi connectivity index (χ3v) is 4.47. The van der Waals surface area contributed by atoms with Crippen molar-refractivity contribution >= 4 is 11.7 Å². The highest BCUT2D eigenvalue weighted by Gasteiger charge is 2.25. The van der Waals surface area contributed by atoms with Gasteiger partial charge < -0.3 is 5.32 Å². The number of amides is 1. The molecule has 1 aliphatic rings. The molecule has 0 saturated carbocycles. The van der Waals surface area contributed by atoms with Crippen molar-refractivity contribution in [2.24, 2.45) is 0 Å². The van der Waals surface area contributed by atoms with E-state index in [9.17, 15) is 9.59 Å². The Balaban J connectivity index is 1.87. The molecule has 0 unspecified atom stereocenters. The van der Waals surface area contributed by atoms with Crippen LogP contribution in [0.25, 0.3) is 0 Å². The van der Waals surface area contributed by atoms with Crippen molar-refractivity contribution in [3.05, 3.63) is 64.0 Å². The molecule has 1 N–H and O–H groups in total. The van der Waals surface area contributed by atoms with Gasteiger partial charge in [-0.3, -0.25) is 14.6 Å². The monoisotopic (exact) mass is 308 g/mol. The average molecular weight is 308 g/mol. The van der Waals surface area contributed by atoms with E-state index in [4.69, 9.17) is 0 Å². The van der Waals surface area contributed by atoms with Gasteiger partial charge in [0.1, 0.15) is 0 Å². The third kappa shape index (κ3) is 2.89. The van der Waals surface area contributed by atoms with Gasteiger partial charge >= 0.3 is 0 Å². The summed E-state index contributed by atoms with van der Waals surface area (Å²) >= 11 is 0. The van der Waals surface area contributed by atoms with Gasteiger partial charge in [-0.25, -0.2) is 0 Å². The van der Waals surface area contributed by atoms with Gasteiger partial charge in [0.25, 0.3) is 5.91 Å². The zero-order chi connectivity index (χ0) is 16.6. The number of aromatic nitrogens is 1. The van der Waals surface area contributed by atoms with Crippen molar-refractivity contribution in [1.29, 1.82) is 0 Å². The molecule has 4 heteroatoms. The summed E-state index contributed by atoms with van der Waals surface area (Å²) in [5, 5.41) is 3.09. The Morgan fingerprint density at radius 2 is 1.83 bits per heavy atom. The maximum absolute atomic E-state index is 12.7. The second kappa shape index (κ2) is 5.95. The summed E-state index contributed by atoms with van der Waals surface area (Å²) in [5.41, 5.74) is 4.78. The fourth-order valence-corrected chi connectivity index (χ4v) is 3.25. The Morgan fingerprint density at radius 3 is 2.57 bits per heavy atom. The van der Waals surface area contributed by atoms with Crippen LogP contribution >= 0.6 is 0 Å². The van der Waals surface area contributed by atoms with Crippen LogP contribution in [0.4, 0.5) is 0 Å². The summed E-state index contributed by atoms with van der Waals surface area (Å²) in [6.07, 6.45) is 1.88. The van der Waals surface area contributed by atoms with Crippen LogP contribution in [-0.4, -0.2) is 16.7 Å². The molecule has 1 aliphatic carbocycles. The minimum Gasteiger partial charge on any atom is -0.345 e. The molecule has 118 valence electrons. The van der Waals surface area contributed by atoms with Crippen molar-refractivity contribution in [1.82, 2.24) is 10.3 Å². The lowest BCUT2D eigenvalue weighted by Gasteiger charge is -2.16. The van der Waals surface area contributed by atoms with Gasteiger partial charge in [-0.2, -0.15) is 0 Å². The lowest BCUT2D eigenvalue weighted by atomic mass is 10.0. The van der Waals surface area contributed by atoms with E-state index in [1.54, 1.807) is 19.9 Å². The Bertz CT molecular complexity index is 796. The van der Waals surface area contributed by atoms with Gasteiger partial charge in [-0.1, -0.05) is 24.3 Å². The highest BCUT2D eigenvalue weighted by molar-refractivity contribution is 6.00. The zero-order valence-corrected chi connectivity index (χ0v) is 13.6. The summed E-state index contributed by atoms with van der Waals surface area (Å²) in [5.74, 6) is -0.241. The first-order chi connectivity index (χ1) is 11.0. The van der Waals surface area contributed by atoms with Crippen LogP contribution in [0.5, 0.6) is 0 Å². The number of carbonyl (C=O) groups excluding carboxylic acids is 2. The first-order valence-electron chi connectivity index (χ1n) is 7.85. The smallest absolute Gasteiger partial charge is 0.253 e. The third-order valence-electron chi connectivity index (χ3n) is 4.47. The molecule has 23 heavy (non-hydrogen) atoms. The van der Waals surface area contributed by atoms with Gasteiger partial charge in [0.15, 0.2) is 5.78 Å². The lowest BCUT2D eigenvalue weighted by molar-refractivity contribution is 0.0935. The van der Waals surface area contributed by atoms with Crippen molar-refractivity contribution in [3.8, 4) is 0 Å². The molecule has 3 rings (SSSR count). The predicted molar refractivity (Wildman–Crippen MR) is 88.7 cm³/mol. The first kappa shape index (κ1) is 15.4. The van der Waals surface area contributed by atoms with Crippen molar-refractivity contribution in [2.75, 3.05) is 0 Å². The Morgan fingerprint density at radius 1 is 1.13 bits per heavy atom. The summed E-state index contributed by atoms with van der Waals surface area (Å²) in [6, 6.07) is 9.88. The Labute approximate surface area is 135 Å². The van der Waals surface area contributed by atoms with Gasteiger partial charge in [0.05, 0.1) is 17.3 Å². The molecular weight excluding hydrogens is 288 g/mol. The van der Waals surface area contributed by atoms with E-state index in [-0.39, 0.29) is 17.7 Å². The Hall–Kier alpha value is -2.49. The van der Waals surface area contributed by atoms with E-state index >= 15 is 0 Å². The quantitative estimate of drug-likeness (QED) is 0.885. The highest BCUT2D eigenvalue weighted by Crippen LogP contribution is 2.31. The molecule has 0 radical (unpaired) electrons. The molecule has 4 nitrogen and oxygen atoms in total. The minimum atomic E-state index is -0.167. The van der Waals surface area contributed by atoms with E-state index in [0.29, 0.717) is 22.5 Å². The van der Waals surface area contributed by atoms with E-state index in [1.165, 1.54) is 18.1 Å². The number of nitrogens with zero attached hydrogens (tertiary/aromatic N) is 1. The number of nitrogens with one attached hydrogen (secondary N) is 1. The van der Waals surface area contributed by atoms with Crippen LogP contribution in [0.1, 0.15) is 62.6 Å². The van der Waals surface area contributed by atoms with Gasteiger partial charge in [-0.05, 0) is 50.8 Å². The first-order valence-corrected chi connectivity index (χ1v) is 7.85. The molecule has 0 spiro atoms. The molecule has 1 amide bonds. The van der Waals surface area contributed by atoms with Gasteiger partial charge in [0, 0.05) is 11.3 Å². The number of pyridine rings is 1. The number of aryl methyl sites for hydroxylation is 3. The van der Waals surface area contributed by atoms with Gasteiger partial charge in [-0.15, -0.1) is 0 Å². The van der Waals surface area contributed by atoms with Crippen LogP contribution in [0.3, 0.4) is 0 Å². The van der Waals surface area contributed by atoms with Crippen LogP contribution in [0.2, 0.25) is 0 Å². The standard InChI is InChI=1S/C19H20N2O2/c1-11-16(13(3)22)10-17(12(2)20-11)19(23)21-18-9-8-14-6-4-5-7-15(14)18/h4-7,10,18H,8-9H2,1-3H3,(H,21,23)/t18-/m1/s1. The normalized spacial score (nSPS) is 16.0. The SMILES string of the molecule is CC(=O)c1cc(C(=O)N[C@@H]2CCc3ccccc32)c(C)nc1C. The summed E-state index contributed by atoms with van der Waals surface area (Å²) in [4.78, 5) is 28.7. The fourth-order valence-electron chi connectivity index (χ4n) is 3.25. The molecule has 1 atom stereocenters. The van der Waals surface area contributed by atoms with Gasteiger partial charge in [0.2, 0.25) is 0 Å². The van der Waals surface area contributed by atoms with Crippen LogP contribution in [-0.2, 0) is 6.42 Å². The largest absolute Gasteiger partial charge is 0.345 e. The average Bonchev–Trinajstić information content (AvgIpc) is 2.90. The van der Waals surface area contributed by atoms with Crippen molar-refractivity contribution < 1.29 is 9.59 Å². The van der Waals surface area contributed by atoms with Crippen molar-refractivity contribution in [3.63, 3.8) is 0 Å². The summed E-state index contributed by atoms with van der Waals surface area (Å²) in [6.45, 7) is 5.08. The molecule has 0 saturated heterocycles. The predicted octanol–water partition coefficient (Wildman–Crippen LogP) is 3.32. The van der Waals surface area contributed by atoms with E-state index < -0.39 is 0 Å². The maximum Gasteiger partial charge on any atom is 0.253 e. The lowest BCUT2D eigenvalue weighted by Crippen LogP contribution is -2.28. The number of hydrogen-bond donors (Lipinski definition) is 1. The number of hydrogen-bond acceptors (Lipinski definition) is 3. The highest BCUT2D eigenvalue weighted by atomic mass is 16.1. The molecule has 0 bridgehead atoms. The van der Waals surface area contributed by atoms with Crippen LogP contribution in [0, 0.1) is 13.8 Å². The number of benzene rings is 1. The summed E-state index contributed by atoms with van der Waals surface area (Å²) in [7, 11) is 0. The number of rotatable bonds is 3. The number of ketones is 1. The zero-order valence-electron chi connectivity index (χ0n) is 13.6. The van der Waals surface area contributed by atoms with E-state index in [0.717, 1.165) is 12.8 Å². The van der Waals surface area contributed by atoms with Crippen LogP contribution in [0.15, 0.2) is 30.3 Å². The topological polar surface area (TPSA) is 59.1 Å².